The van der Waals surface area contributed by atoms with Crippen LogP contribution in [0, 0.1) is 23.2 Å². The first kappa shape index (κ1) is 50.4. The summed E-state index contributed by atoms with van der Waals surface area (Å²) in [5, 5.41) is 49.1. The van der Waals surface area contributed by atoms with Crippen LogP contribution in [0.4, 0.5) is 0 Å². The molecule has 3 fully saturated rings. The van der Waals surface area contributed by atoms with E-state index in [1.807, 2.05) is 48.5 Å². The molecule has 3 heterocycles. The molecule has 8 N–H and O–H groups in total. The molecule has 1 aromatic rings. The summed E-state index contributed by atoms with van der Waals surface area (Å²) in [5.74, 6) is -0.259. The van der Waals surface area contributed by atoms with Gasteiger partial charge in [0, 0.05) is 67.3 Å². The van der Waals surface area contributed by atoms with E-state index >= 15 is 0 Å². The van der Waals surface area contributed by atoms with Crippen LogP contribution >= 0.6 is 0 Å². The Hall–Kier alpha value is -4.24. The van der Waals surface area contributed by atoms with Crippen LogP contribution in [0.1, 0.15) is 120 Å². The Balaban J connectivity index is 0.000000636. The van der Waals surface area contributed by atoms with Crippen molar-refractivity contribution in [2.45, 2.75) is 127 Å². The second kappa shape index (κ2) is 20.1. The van der Waals surface area contributed by atoms with Crippen LogP contribution in [0.3, 0.4) is 0 Å². The highest BCUT2D eigenvalue weighted by Gasteiger charge is 2.68. The topological polar surface area (TPSA) is 201 Å². The first-order valence-electron chi connectivity index (χ1n) is 22.9. The molecular formula is C48H78N6O8. The van der Waals surface area contributed by atoms with Gasteiger partial charge in [-0.15, -0.1) is 0 Å². The monoisotopic (exact) mass is 867 g/mol. The van der Waals surface area contributed by atoms with Gasteiger partial charge >= 0.3 is 0 Å². The number of rotatable bonds is 7. The van der Waals surface area contributed by atoms with Crippen LogP contribution in [0.2, 0.25) is 0 Å². The van der Waals surface area contributed by atoms with Gasteiger partial charge in [0.2, 0.25) is 0 Å². The Morgan fingerprint density at radius 1 is 0.806 bits per heavy atom. The maximum Gasteiger partial charge on any atom is 0.296 e. The Labute approximate surface area is 371 Å². The van der Waals surface area contributed by atoms with Gasteiger partial charge in [-0.3, -0.25) is 9.80 Å². The summed E-state index contributed by atoms with van der Waals surface area (Å²) in [6.45, 7) is 35.3. The molecule has 1 saturated carbocycles. The van der Waals surface area contributed by atoms with E-state index in [1.54, 1.807) is 19.1 Å². The number of fused-ring (bicyclic) bond motifs is 8. The molecule has 2 bridgehead atoms. The SMILES string of the molecule is CC.CC.CC.CC(C)C(C)C.CC1=CC(/C(N)=N/O)C2=C(OC3(C=C4C(=C3CN3CCOCC3)C3(C)CC4(C)c4c3cc(O)c(O)c4CN3CCOCC3)O2)C1(C)/C(N)=N/O. The highest BCUT2D eigenvalue weighted by Crippen LogP contribution is 2.72. The summed E-state index contributed by atoms with van der Waals surface area (Å²) >= 11 is 0. The number of amidine groups is 2. The highest BCUT2D eigenvalue weighted by atomic mass is 16.7. The van der Waals surface area contributed by atoms with Crippen LogP contribution in [0.5, 0.6) is 11.5 Å². The third-order valence-electron chi connectivity index (χ3n) is 13.7. The molecule has 62 heavy (non-hydrogen) atoms. The van der Waals surface area contributed by atoms with Gasteiger partial charge in [0.1, 0.15) is 5.41 Å². The molecule has 0 amide bonds. The standard InChI is InChI=1S/C36H46N6O8.C6H14.3C2H6/c1-19-13-20(31(37)39-45)29-30(35(19,4)32(38)40-46)50-36(49-29)15-23-27(24(36)17-42-7-11-48-12-8-42)33(2)18-34(23,3)26-21(16-41-5-9-47-10-6-41)28(44)25(43)14-22(26)33;1-5(2)6(3)4;3*1-2/h13-15,20,43-46H,5-12,16-18H2,1-4H3,(H2,37,39)(H2,38,40);5-6H,1-4H3;3*1-2H3. The Morgan fingerprint density at radius 2 is 1.34 bits per heavy atom. The third-order valence-corrected chi connectivity index (χ3v) is 13.7. The lowest BCUT2D eigenvalue weighted by Crippen LogP contribution is -2.44. The average molecular weight is 867 g/mol. The summed E-state index contributed by atoms with van der Waals surface area (Å²) in [4.78, 5) is 4.57. The van der Waals surface area contributed by atoms with E-state index in [-0.39, 0.29) is 23.2 Å². The number of ether oxygens (including phenoxy) is 4. The van der Waals surface area contributed by atoms with Crippen molar-refractivity contribution in [1.29, 1.82) is 0 Å². The quantitative estimate of drug-likeness (QED) is 0.0388. The maximum absolute atomic E-state index is 11.4. The van der Waals surface area contributed by atoms with E-state index in [0.29, 0.717) is 69.7 Å². The number of phenols is 2. The fourth-order valence-electron chi connectivity index (χ4n) is 9.72. The summed E-state index contributed by atoms with van der Waals surface area (Å²) in [6, 6.07) is 1.73. The van der Waals surface area contributed by atoms with Crippen LogP contribution < -0.4 is 11.5 Å². The third kappa shape index (κ3) is 8.44. The molecular weight excluding hydrogens is 789 g/mol. The second-order valence-electron chi connectivity index (χ2n) is 17.7. The molecule has 2 saturated heterocycles. The van der Waals surface area contributed by atoms with E-state index in [0.717, 1.165) is 64.8 Å². The first-order chi connectivity index (χ1) is 29.5. The number of nitrogens with zero attached hydrogens (tertiary/aromatic N) is 4. The molecule has 14 nitrogen and oxygen atoms in total. The number of benzene rings is 1. The number of phenolic OH excluding ortho intramolecular Hbond substituents is 2. The van der Waals surface area contributed by atoms with Crippen LogP contribution in [-0.4, -0.2) is 107 Å². The minimum atomic E-state index is -1.43. The van der Waals surface area contributed by atoms with Crippen LogP contribution in [-0.2, 0) is 36.3 Å². The number of allylic oxidation sites excluding steroid dienone is 2. The summed E-state index contributed by atoms with van der Waals surface area (Å²) in [6.07, 6.45) is 4.58. The van der Waals surface area contributed by atoms with E-state index in [2.05, 4.69) is 67.7 Å². The van der Waals surface area contributed by atoms with Crippen molar-refractivity contribution in [3.8, 4) is 11.5 Å². The number of hydrogen-bond donors (Lipinski definition) is 6. The zero-order valence-electron chi connectivity index (χ0n) is 40.1. The normalized spacial score (nSPS) is 30.0. The summed E-state index contributed by atoms with van der Waals surface area (Å²) in [5.41, 5.74) is 16.8. The highest BCUT2D eigenvalue weighted by molar-refractivity contribution is 5.94. The fourth-order valence-corrected chi connectivity index (χ4v) is 9.72. The van der Waals surface area contributed by atoms with Crippen molar-refractivity contribution in [3.05, 3.63) is 68.7 Å². The minimum absolute atomic E-state index is 0.0858. The summed E-state index contributed by atoms with van der Waals surface area (Å²) < 4.78 is 25.4. The van der Waals surface area contributed by atoms with Crippen molar-refractivity contribution in [3.63, 3.8) is 0 Å². The van der Waals surface area contributed by atoms with Gasteiger partial charge in [0.05, 0.1) is 32.3 Å². The number of nitrogens with two attached hydrogens (primary N) is 2. The van der Waals surface area contributed by atoms with Crippen molar-refractivity contribution in [2.24, 2.45) is 44.9 Å². The van der Waals surface area contributed by atoms with Crippen LogP contribution in [0.25, 0.3) is 0 Å². The predicted molar refractivity (Wildman–Crippen MR) is 245 cm³/mol. The lowest BCUT2D eigenvalue weighted by Gasteiger charge is -2.37. The fraction of sp³-hybridized carbons (Fsp3) is 0.667. The molecule has 14 heteroatoms. The van der Waals surface area contributed by atoms with Crippen molar-refractivity contribution in [1.82, 2.24) is 9.80 Å². The minimum Gasteiger partial charge on any atom is -0.504 e. The lowest BCUT2D eigenvalue weighted by atomic mass is 9.70. The van der Waals surface area contributed by atoms with E-state index in [4.69, 9.17) is 30.4 Å². The Bertz CT molecular complexity index is 1950. The van der Waals surface area contributed by atoms with E-state index in [9.17, 15) is 20.6 Å². The molecule has 8 rings (SSSR count). The maximum atomic E-state index is 11.4. The van der Waals surface area contributed by atoms with Gasteiger partial charge in [0.15, 0.2) is 34.7 Å². The second-order valence-corrected chi connectivity index (χ2v) is 17.7. The molecule has 4 aliphatic carbocycles. The Morgan fingerprint density at radius 3 is 1.84 bits per heavy atom. The molecule has 1 aromatic carbocycles. The number of oxime groups is 2. The first-order valence-corrected chi connectivity index (χ1v) is 22.9. The molecule has 0 aromatic heterocycles. The molecule has 7 aliphatic rings. The molecule has 5 unspecified atom stereocenters. The van der Waals surface area contributed by atoms with Crippen molar-refractivity contribution < 1.29 is 39.6 Å². The van der Waals surface area contributed by atoms with Gasteiger partial charge in [-0.25, -0.2) is 0 Å². The zero-order valence-corrected chi connectivity index (χ0v) is 40.1. The number of hydrogen-bond acceptors (Lipinski definition) is 12. The number of morpholine rings is 2. The predicted octanol–water partition coefficient (Wildman–Crippen LogP) is 7.84. The molecule has 1 spiro atoms. The zero-order chi connectivity index (χ0) is 46.5. The molecule has 3 aliphatic heterocycles. The number of aromatic hydroxyl groups is 2. The van der Waals surface area contributed by atoms with Gasteiger partial charge in [-0.05, 0) is 60.4 Å². The van der Waals surface area contributed by atoms with E-state index < -0.39 is 27.9 Å². The van der Waals surface area contributed by atoms with Gasteiger partial charge < -0.3 is 51.0 Å². The van der Waals surface area contributed by atoms with Crippen molar-refractivity contribution >= 4 is 11.7 Å². The van der Waals surface area contributed by atoms with Crippen molar-refractivity contribution in [2.75, 3.05) is 59.2 Å². The molecule has 5 atom stereocenters. The van der Waals surface area contributed by atoms with Gasteiger partial charge in [0.25, 0.3) is 5.79 Å². The summed E-state index contributed by atoms with van der Waals surface area (Å²) in [7, 11) is 0. The molecule has 348 valence electrons. The van der Waals surface area contributed by atoms with Crippen LogP contribution in [0.15, 0.2) is 62.3 Å². The van der Waals surface area contributed by atoms with E-state index in [1.165, 1.54) is 0 Å². The Kier molecular flexibility index (Phi) is 16.3. The lowest BCUT2D eigenvalue weighted by molar-refractivity contribution is -0.0918. The smallest absolute Gasteiger partial charge is 0.296 e. The molecule has 0 radical (unpaired) electrons. The van der Waals surface area contributed by atoms with Gasteiger partial charge in [-0.2, -0.15) is 0 Å². The largest absolute Gasteiger partial charge is 0.504 e. The average Bonchev–Trinajstić information content (AvgIpc) is 3.97. The van der Waals surface area contributed by atoms with Gasteiger partial charge in [-0.1, -0.05) is 105 Å².